The smallest absolute Gasteiger partial charge is 0.123 e. The Kier molecular flexibility index (Phi) is 4.50. The number of nitriles is 1. The van der Waals surface area contributed by atoms with Crippen molar-refractivity contribution in [3.8, 4) is 6.07 Å². The van der Waals surface area contributed by atoms with Crippen molar-refractivity contribution in [2.75, 3.05) is 13.1 Å². The summed E-state index contributed by atoms with van der Waals surface area (Å²) in [5.41, 5.74) is 2.63. The van der Waals surface area contributed by atoms with E-state index in [1.54, 1.807) is 0 Å². The monoisotopic (exact) mass is 270 g/mol. The average molecular weight is 270 g/mol. The van der Waals surface area contributed by atoms with Gasteiger partial charge in [-0.2, -0.15) is 5.26 Å². The zero-order valence-electron chi connectivity index (χ0n) is 13.2. The molecule has 1 saturated heterocycles. The molecular formula is C18H26N2. The van der Waals surface area contributed by atoms with Crippen molar-refractivity contribution in [3.63, 3.8) is 0 Å². The zero-order valence-corrected chi connectivity index (χ0v) is 13.2. The Morgan fingerprint density at radius 1 is 1.15 bits per heavy atom. The molecule has 0 N–H and O–H groups in total. The summed E-state index contributed by atoms with van der Waals surface area (Å²) < 4.78 is 0. The third-order valence-electron chi connectivity index (χ3n) is 4.40. The number of rotatable bonds is 2. The molecule has 0 radical (unpaired) electrons. The SMILES string of the molecule is CC1CCN(C(C#N)c2ccc(C(C)(C)C)cc2)CC1. The first-order valence-corrected chi connectivity index (χ1v) is 7.66. The van der Waals surface area contributed by atoms with Gasteiger partial charge >= 0.3 is 0 Å². The summed E-state index contributed by atoms with van der Waals surface area (Å²) >= 11 is 0. The minimum atomic E-state index is -0.0866. The van der Waals surface area contributed by atoms with Gasteiger partial charge in [0, 0.05) is 0 Å². The summed E-state index contributed by atoms with van der Waals surface area (Å²) in [5.74, 6) is 0.800. The van der Waals surface area contributed by atoms with Gasteiger partial charge in [0.25, 0.3) is 0 Å². The van der Waals surface area contributed by atoms with E-state index in [1.807, 2.05) is 0 Å². The van der Waals surface area contributed by atoms with Crippen LogP contribution in [0.15, 0.2) is 24.3 Å². The molecule has 0 aromatic heterocycles. The molecule has 0 spiro atoms. The highest BCUT2D eigenvalue weighted by molar-refractivity contribution is 5.31. The van der Waals surface area contributed by atoms with Gasteiger partial charge in [-0.15, -0.1) is 0 Å². The summed E-state index contributed by atoms with van der Waals surface area (Å²) in [7, 11) is 0. The lowest BCUT2D eigenvalue weighted by Crippen LogP contribution is -2.35. The number of benzene rings is 1. The minimum Gasteiger partial charge on any atom is -0.284 e. The first-order chi connectivity index (χ1) is 9.41. The highest BCUT2D eigenvalue weighted by atomic mass is 15.2. The molecule has 0 bridgehead atoms. The van der Waals surface area contributed by atoms with Crippen molar-refractivity contribution in [2.45, 2.75) is 52.0 Å². The second kappa shape index (κ2) is 5.97. The van der Waals surface area contributed by atoms with Crippen LogP contribution in [0.1, 0.15) is 57.7 Å². The Balaban J connectivity index is 2.14. The average Bonchev–Trinajstić information content (AvgIpc) is 2.41. The Morgan fingerprint density at radius 3 is 2.15 bits per heavy atom. The van der Waals surface area contributed by atoms with Crippen molar-refractivity contribution >= 4 is 0 Å². The summed E-state index contributed by atoms with van der Waals surface area (Å²) in [4.78, 5) is 2.33. The Labute approximate surface area is 123 Å². The van der Waals surface area contributed by atoms with Gasteiger partial charge in [-0.3, -0.25) is 4.90 Å². The van der Waals surface area contributed by atoms with Gasteiger partial charge in [0.15, 0.2) is 0 Å². The molecule has 0 saturated carbocycles. The van der Waals surface area contributed by atoms with Crippen LogP contribution in [0, 0.1) is 17.2 Å². The number of nitrogens with zero attached hydrogens (tertiary/aromatic N) is 2. The van der Waals surface area contributed by atoms with E-state index in [0.717, 1.165) is 24.6 Å². The standard InChI is InChI=1S/C18H26N2/c1-14-9-11-20(12-10-14)17(13-19)15-5-7-16(8-6-15)18(2,3)4/h5-8,14,17H,9-12H2,1-4H3. The number of hydrogen-bond acceptors (Lipinski definition) is 2. The molecule has 1 atom stereocenters. The van der Waals surface area contributed by atoms with Gasteiger partial charge in [-0.25, -0.2) is 0 Å². The normalized spacial score (nSPS) is 19.6. The Morgan fingerprint density at radius 2 is 1.70 bits per heavy atom. The van der Waals surface area contributed by atoms with E-state index in [4.69, 9.17) is 0 Å². The third kappa shape index (κ3) is 3.41. The molecular weight excluding hydrogens is 244 g/mol. The predicted molar refractivity (Wildman–Crippen MR) is 83.5 cm³/mol. The van der Waals surface area contributed by atoms with Crippen LogP contribution in [0.5, 0.6) is 0 Å². The number of piperidine rings is 1. The van der Waals surface area contributed by atoms with Crippen LogP contribution >= 0.6 is 0 Å². The number of likely N-dealkylation sites (tertiary alicyclic amines) is 1. The van der Waals surface area contributed by atoms with Crippen LogP contribution in [0.25, 0.3) is 0 Å². The molecule has 1 heterocycles. The van der Waals surface area contributed by atoms with Gasteiger partial charge < -0.3 is 0 Å². The van der Waals surface area contributed by atoms with Crippen LogP contribution in [0.2, 0.25) is 0 Å². The van der Waals surface area contributed by atoms with Gasteiger partial charge in [-0.1, -0.05) is 52.0 Å². The second-order valence-corrected chi connectivity index (χ2v) is 7.12. The van der Waals surface area contributed by atoms with Crippen LogP contribution < -0.4 is 0 Å². The van der Waals surface area contributed by atoms with Crippen LogP contribution in [0.3, 0.4) is 0 Å². The lowest BCUT2D eigenvalue weighted by atomic mass is 9.86. The fourth-order valence-corrected chi connectivity index (χ4v) is 2.82. The first-order valence-electron chi connectivity index (χ1n) is 7.66. The zero-order chi connectivity index (χ0) is 14.8. The van der Waals surface area contributed by atoms with Gasteiger partial charge in [0.1, 0.15) is 6.04 Å². The molecule has 2 heteroatoms. The van der Waals surface area contributed by atoms with E-state index in [1.165, 1.54) is 18.4 Å². The molecule has 0 amide bonds. The molecule has 1 aliphatic rings. The van der Waals surface area contributed by atoms with Crippen LogP contribution in [-0.2, 0) is 5.41 Å². The quantitative estimate of drug-likeness (QED) is 0.802. The van der Waals surface area contributed by atoms with Crippen molar-refractivity contribution in [1.29, 1.82) is 5.26 Å². The molecule has 1 aromatic rings. The van der Waals surface area contributed by atoms with Gasteiger partial charge in [0.2, 0.25) is 0 Å². The lowest BCUT2D eigenvalue weighted by Gasteiger charge is -2.33. The van der Waals surface area contributed by atoms with Crippen molar-refractivity contribution < 1.29 is 0 Å². The highest BCUT2D eigenvalue weighted by Gasteiger charge is 2.24. The fraction of sp³-hybridized carbons (Fsp3) is 0.611. The molecule has 1 unspecified atom stereocenters. The Hall–Kier alpha value is -1.33. The maximum absolute atomic E-state index is 9.54. The fourth-order valence-electron chi connectivity index (χ4n) is 2.82. The van der Waals surface area contributed by atoms with Crippen molar-refractivity contribution in [3.05, 3.63) is 35.4 Å². The largest absolute Gasteiger partial charge is 0.284 e. The second-order valence-electron chi connectivity index (χ2n) is 7.12. The van der Waals surface area contributed by atoms with E-state index in [-0.39, 0.29) is 11.5 Å². The maximum atomic E-state index is 9.54. The van der Waals surface area contributed by atoms with E-state index >= 15 is 0 Å². The predicted octanol–water partition coefficient (Wildman–Crippen LogP) is 4.28. The third-order valence-corrected chi connectivity index (χ3v) is 4.40. The topological polar surface area (TPSA) is 27.0 Å². The van der Waals surface area contributed by atoms with Gasteiger partial charge in [0.05, 0.1) is 6.07 Å². The van der Waals surface area contributed by atoms with Crippen molar-refractivity contribution in [1.82, 2.24) is 4.90 Å². The molecule has 0 aliphatic carbocycles. The van der Waals surface area contributed by atoms with Gasteiger partial charge in [-0.05, 0) is 48.4 Å². The molecule has 2 rings (SSSR count). The van der Waals surface area contributed by atoms with E-state index in [2.05, 4.69) is 62.9 Å². The lowest BCUT2D eigenvalue weighted by molar-refractivity contribution is 0.165. The number of hydrogen-bond donors (Lipinski definition) is 0. The maximum Gasteiger partial charge on any atom is 0.123 e. The minimum absolute atomic E-state index is 0.0866. The van der Waals surface area contributed by atoms with E-state index in [9.17, 15) is 5.26 Å². The molecule has 1 aromatic carbocycles. The first kappa shape index (κ1) is 15.1. The molecule has 1 fully saturated rings. The van der Waals surface area contributed by atoms with E-state index < -0.39 is 0 Å². The van der Waals surface area contributed by atoms with Crippen LogP contribution in [0.4, 0.5) is 0 Å². The molecule has 108 valence electrons. The Bertz CT molecular complexity index is 468. The van der Waals surface area contributed by atoms with Crippen LogP contribution in [-0.4, -0.2) is 18.0 Å². The summed E-state index contributed by atoms with van der Waals surface area (Å²) in [6, 6.07) is 11.0. The summed E-state index contributed by atoms with van der Waals surface area (Å²) in [6.07, 6.45) is 2.41. The van der Waals surface area contributed by atoms with E-state index in [0.29, 0.717) is 0 Å². The molecule has 1 aliphatic heterocycles. The molecule has 2 nitrogen and oxygen atoms in total. The highest BCUT2D eigenvalue weighted by Crippen LogP contribution is 2.28. The van der Waals surface area contributed by atoms with Crippen molar-refractivity contribution in [2.24, 2.45) is 5.92 Å². The molecule has 20 heavy (non-hydrogen) atoms. The summed E-state index contributed by atoms with van der Waals surface area (Å²) in [5, 5.41) is 9.54. The summed E-state index contributed by atoms with van der Waals surface area (Å²) in [6.45, 7) is 11.0.